The molecule has 0 amide bonds. The van der Waals surface area contributed by atoms with E-state index in [2.05, 4.69) is 48.9 Å². The van der Waals surface area contributed by atoms with Crippen LogP contribution in [-0.2, 0) is 0 Å². The van der Waals surface area contributed by atoms with Gasteiger partial charge in [0.25, 0.3) is 0 Å². The number of nitrogens with one attached hydrogen (secondary N) is 2. The van der Waals surface area contributed by atoms with Crippen molar-refractivity contribution in [2.24, 2.45) is 0 Å². The Kier molecular flexibility index (Phi) is 5.71. The fourth-order valence-corrected chi connectivity index (χ4v) is 4.51. The van der Waals surface area contributed by atoms with Gasteiger partial charge in [0.15, 0.2) is 0 Å². The van der Waals surface area contributed by atoms with Crippen molar-refractivity contribution in [3.8, 4) is 11.4 Å². The van der Waals surface area contributed by atoms with Gasteiger partial charge in [-0.15, -0.1) is 0 Å². The van der Waals surface area contributed by atoms with Crippen molar-refractivity contribution in [1.29, 1.82) is 0 Å². The fraction of sp³-hybridized carbons (Fsp3) is 0.179. The molecule has 3 aromatic heterocycles. The highest BCUT2D eigenvalue weighted by Gasteiger charge is 2.16. The number of rotatable bonds is 2. The number of fused-ring (bicyclic) bond motifs is 3. The molecular weight excluding hydrogens is 452 g/mol. The molecule has 1 fully saturated rings. The normalized spacial score (nSPS) is 14.3. The summed E-state index contributed by atoms with van der Waals surface area (Å²) < 4.78 is 5.63. The molecule has 8 heteroatoms. The summed E-state index contributed by atoms with van der Waals surface area (Å²) in [7, 11) is 2.15. The van der Waals surface area contributed by atoms with E-state index in [1.54, 1.807) is 18.5 Å². The Bertz CT molecular complexity index is 1680. The molecule has 7 rings (SSSR count). The van der Waals surface area contributed by atoms with E-state index in [0.717, 1.165) is 48.2 Å². The molecule has 3 aromatic carbocycles. The van der Waals surface area contributed by atoms with E-state index in [-0.39, 0.29) is 5.43 Å². The third-order valence-electron chi connectivity index (χ3n) is 6.60. The Morgan fingerprint density at radius 2 is 1.69 bits per heavy atom. The van der Waals surface area contributed by atoms with Gasteiger partial charge in [0, 0.05) is 31.9 Å². The zero-order valence-corrected chi connectivity index (χ0v) is 19.9. The molecule has 0 atom stereocenters. The minimum atomic E-state index is -0.0739. The average molecular weight is 479 g/mol. The van der Waals surface area contributed by atoms with Crippen molar-refractivity contribution in [1.82, 2.24) is 24.8 Å². The fourth-order valence-electron chi connectivity index (χ4n) is 4.51. The monoisotopic (exact) mass is 478 g/mol. The number of para-hydroxylation sites is 3. The molecule has 0 saturated carbocycles. The van der Waals surface area contributed by atoms with Gasteiger partial charge in [-0.2, -0.15) is 0 Å². The first-order chi connectivity index (χ1) is 17.7. The van der Waals surface area contributed by atoms with Gasteiger partial charge >= 0.3 is 0 Å². The number of aromatic amines is 2. The van der Waals surface area contributed by atoms with Gasteiger partial charge < -0.3 is 24.2 Å². The maximum absolute atomic E-state index is 12.8. The Morgan fingerprint density at radius 3 is 2.56 bits per heavy atom. The smallest absolute Gasteiger partial charge is 0.203 e. The predicted molar refractivity (Wildman–Crippen MR) is 143 cm³/mol. The number of H-pyrrole nitrogens is 2. The summed E-state index contributed by atoms with van der Waals surface area (Å²) in [4.78, 5) is 32.5. The Morgan fingerprint density at radius 1 is 0.889 bits per heavy atom. The first-order valence-electron chi connectivity index (χ1n) is 12.0. The van der Waals surface area contributed by atoms with Crippen LogP contribution >= 0.6 is 0 Å². The molecule has 1 aliphatic heterocycles. The second-order valence-corrected chi connectivity index (χ2v) is 8.97. The van der Waals surface area contributed by atoms with E-state index in [1.165, 1.54) is 12.0 Å². The van der Waals surface area contributed by atoms with Crippen molar-refractivity contribution >= 4 is 38.7 Å². The standard InChI is InChI=1S/C21H20N4O2.C7H6N2/c1-24-8-10-25(11-9-24)14-6-7-17-18(12-14)23-21(22-17)16-13-27-19-5-3-2-4-15(19)20(16)26;1-2-4-7-6(3-1)8-5-9-7/h2-7,12-13H,8-11H2,1H3,(H,22,23);1-5H,(H,8,9). The minimum absolute atomic E-state index is 0.0739. The van der Waals surface area contributed by atoms with Gasteiger partial charge in [-0.3, -0.25) is 4.79 Å². The molecule has 1 saturated heterocycles. The van der Waals surface area contributed by atoms with Gasteiger partial charge in [0.2, 0.25) is 5.43 Å². The van der Waals surface area contributed by atoms with Gasteiger partial charge in [0.05, 0.1) is 33.8 Å². The molecule has 4 heterocycles. The lowest BCUT2D eigenvalue weighted by atomic mass is 10.1. The molecule has 0 aliphatic carbocycles. The largest absolute Gasteiger partial charge is 0.463 e. The van der Waals surface area contributed by atoms with Gasteiger partial charge in [-0.1, -0.05) is 24.3 Å². The van der Waals surface area contributed by atoms with Gasteiger partial charge in [-0.05, 0) is 49.5 Å². The van der Waals surface area contributed by atoms with E-state index < -0.39 is 0 Å². The van der Waals surface area contributed by atoms with Crippen molar-refractivity contribution in [2.45, 2.75) is 0 Å². The summed E-state index contributed by atoms with van der Waals surface area (Å²) in [5.41, 5.74) is 6.02. The van der Waals surface area contributed by atoms with Crippen LogP contribution in [0.1, 0.15) is 0 Å². The summed E-state index contributed by atoms with van der Waals surface area (Å²) in [5.74, 6) is 0.542. The van der Waals surface area contributed by atoms with Gasteiger partial charge in [-0.25, -0.2) is 9.97 Å². The lowest BCUT2D eigenvalue weighted by Crippen LogP contribution is -2.44. The number of piperazine rings is 1. The highest BCUT2D eigenvalue weighted by atomic mass is 16.3. The number of hydrogen-bond acceptors (Lipinski definition) is 6. The van der Waals surface area contributed by atoms with Crippen molar-refractivity contribution in [3.63, 3.8) is 0 Å². The quantitative estimate of drug-likeness (QED) is 0.376. The van der Waals surface area contributed by atoms with E-state index in [9.17, 15) is 4.79 Å². The molecule has 0 bridgehead atoms. The van der Waals surface area contributed by atoms with Crippen molar-refractivity contribution in [2.75, 3.05) is 38.1 Å². The number of benzene rings is 3. The van der Waals surface area contributed by atoms with Crippen LogP contribution in [0.4, 0.5) is 5.69 Å². The van der Waals surface area contributed by atoms with Gasteiger partial charge in [0.1, 0.15) is 23.2 Å². The molecule has 36 heavy (non-hydrogen) atoms. The number of likely N-dealkylation sites (N-methyl/N-ethyl adjacent to an activating group) is 1. The van der Waals surface area contributed by atoms with Crippen LogP contribution in [0.25, 0.3) is 44.4 Å². The molecular formula is C28H26N6O2. The van der Waals surface area contributed by atoms with Crippen LogP contribution in [0, 0.1) is 0 Å². The minimum Gasteiger partial charge on any atom is -0.463 e. The second kappa shape index (κ2) is 9.31. The molecule has 0 radical (unpaired) electrons. The van der Waals surface area contributed by atoms with Crippen LogP contribution in [0.15, 0.2) is 88.5 Å². The number of nitrogens with zero attached hydrogens (tertiary/aromatic N) is 4. The average Bonchev–Trinajstić information content (AvgIpc) is 3.56. The van der Waals surface area contributed by atoms with Crippen LogP contribution in [0.5, 0.6) is 0 Å². The van der Waals surface area contributed by atoms with Crippen LogP contribution in [0.2, 0.25) is 0 Å². The van der Waals surface area contributed by atoms with E-state index in [1.807, 2.05) is 42.5 Å². The summed E-state index contributed by atoms with van der Waals surface area (Å²) >= 11 is 0. The summed E-state index contributed by atoms with van der Waals surface area (Å²) in [5, 5.41) is 0.564. The first kappa shape index (κ1) is 22.1. The highest BCUT2D eigenvalue weighted by Crippen LogP contribution is 2.25. The maximum atomic E-state index is 12.8. The van der Waals surface area contributed by atoms with Crippen molar-refractivity contribution < 1.29 is 4.42 Å². The van der Waals surface area contributed by atoms with E-state index >= 15 is 0 Å². The Balaban J connectivity index is 0.000000223. The molecule has 1 aliphatic rings. The van der Waals surface area contributed by atoms with Crippen LogP contribution in [-0.4, -0.2) is 58.1 Å². The number of anilines is 1. The molecule has 6 aromatic rings. The summed E-state index contributed by atoms with van der Waals surface area (Å²) in [6.07, 6.45) is 3.19. The maximum Gasteiger partial charge on any atom is 0.203 e. The summed E-state index contributed by atoms with van der Waals surface area (Å²) in [6, 6.07) is 21.4. The lowest BCUT2D eigenvalue weighted by molar-refractivity contribution is 0.313. The second-order valence-electron chi connectivity index (χ2n) is 8.97. The van der Waals surface area contributed by atoms with Crippen LogP contribution < -0.4 is 10.3 Å². The molecule has 180 valence electrons. The predicted octanol–water partition coefficient (Wildman–Crippen LogP) is 4.65. The third-order valence-corrected chi connectivity index (χ3v) is 6.60. The SMILES string of the molecule is CN1CCN(c2ccc3nc(-c4coc5ccccc5c4=O)[nH]c3c2)CC1.c1ccc2[nH]cnc2c1. The summed E-state index contributed by atoms with van der Waals surface area (Å²) in [6.45, 7) is 4.14. The number of hydrogen-bond donors (Lipinski definition) is 2. The highest BCUT2D eigenvalue weighted by molar-refractivity contribution is 5.85. The molecule has 0 spiro atoms. The molecule has 0 unspecified atom stereocenters. The zero-order chi connectivity index (χ0) is 24.5. The van der Waals surface area contributed by atoms with E-state index in [0.29, 0.717) is 22.4 Å². The van der Waals surface area contributed by atoms with E-state index in [4.69, 9.17) is 4.42 Å². The zero-order valence-electron chi connectivity index (χ0n) is 19.9. The van der Waals surface area contributed by atoms with Crippen LogP contribution in [0.3, 0.4) is 0 Å². The number of imidazole rings is 2. The lowest BCUT2D eigenvalue weighted by Gasteiger charge is -2.34. The molecule has 8 nitrogen and oxygen atoms in total. The first-order valence-corrected chi connectivity index (χ1v) is 12.0. The molecule has 2 N–H and O–H groups in total. The topological polar surface area (TPSA) is 94.0 Å². The number of aromatic nitrogens is 4. The van der Waals surface area contributed by atoms with Crippen molar-refractivity contribution in [3.05, 3.63) is 89.5 Å². The Labute approximate surface area is 207 Å². The third kappa shape index (κ3) is 4.23. The Hall–Kier alpha value is -4.43.